The van der Waals surface area contributed by atoms with Crippen molar-refractivity contribution >= 4 is 27.4 Å². The van der Waals surface area contributed by atoms with Gasteiger partial charge in [0.05, 0.1) is 21.8 Å². The second-order valence-electron chi connectivity index (χ2n) is 3.96. The third-order valence-corrected chi connectivity index (χ3v) is 3.13. The van der Waals surface area contributed by atoms with Crippen LogP contribution in [0.2, 0.25) is 0 Å². The van der Waals surface area contributed by atoms with Crippen LogP contribution in [0.1, 0.15) is 5.56 Å². The Morgan fingerprint density at radius 2 is 1.82 bits per heavy atom. The Hall–Kier alpha value is -2.50. The summed E-state index contributed by atoms with van der Waals surface area (Å²) in [5, 5.41) is 25.1. The molecule has 1 aromatic carbocycles. The average Bonchev–Trinajstić information content (AvgIpc) is 2.79. The van der Waals surface area contributed by atoms with Crippen molar-refractivity contribution in [1.82, 2.24) is 9.78 Å². The van der Waals surface area contributed by atoms with Gasteiger partial charge in [0.2, 0.25) is 0 Å². The van der Waals surface area contributed by atoms with Crippen LogP contribution in [-0.4, -0.2) is 19.6 Å². The first-order chi connectivity index (χ1) is 10.1. The molecule has 0 aliphatic carbocycles. The van der Waals surface area contributed by atoms with Crippen LogP contribution in [0.4, 0.5) is 24.7 Å². The molecule has 0 unspecified atom stereocenters. The Labute approximate surface area is 127 Å². The van der Waals surface area contributed by atoms with E-state index < -0.39 is 33.1 Å². The molecule has 0 saturated heterocycles. The molecule has 12 heteroatoms. The molecule has 2 aromatic rings. The standard InChI is InChI=1S/C10H4BrF3N4O4/c11-6-4-16(15-9(6)18(21)22)7-2-1-5(10(12,13)14)3-8(7)17(19)20/h1-4H. The van der Waals surface area contributed by atoms with E-state index in [1.165, 1.54) is 0 Å². The van der Waals surface area contributed by atoms with Gasteiger partial charge >= 0.3 is 12.0 Å². The fourth-order valence-electron chi connectivity index (χ4n) is 1.63. The van der Waals surface area contributed by atoms with Crippen LogP contribution in [0, 0.1) is 20.2 Å². The SMILES string of the molecule is O=[N+]([O-])c1cc(C(F)(F)F)ccc1-n1cc(Br)c([N+](=O)[O-])n1. The van der Waals surface area contributed by atoms with Crippen molar-refractivity contribution < 1.29 is 23.0 Å². The number of nitro groups is 2. The number of hydrogen-bond donors (Lipinski definition) is 0. The highest BCUT2D eigenvalue weighted by molar-refractivity contribution is 9.10. The Kier molecular flexibility index (Phi) is 3.87. The van der Waals surface area contributed by atoms with Crippen molar-refractivity contribution in [2.24, 2.45) is 0 Å². The monoisotopic (exact) mass is 380 g/mol. The number of aromatic nitrogens is 2. The van der Waals surface area contributed by atoms with E-state index in [-0.39, 0.29) is 10.2 Å². The van der Waals surface area contributed by atoms with Gasteiger partial charge in [-0.15, -0.1) is 4.68 Å². The maximum absolute atomic E-state index is 12.6. The van der Waals surface area contributed by atoms with Gasteiger partial charge < -0.3 is 10.1 Å². The van der Waals surface area contributed by atoms with Gasteiger partial charge in [0.15, 0.2) is 5.69 Å². The summed E-state index contributed by atoms with van der Waals surface area (Å²) in [4.78, 5) is 19.8. The number of alkyl halides is 3. The van der Waals surface area contributed by atoms with Crippen molar-refractivity contribution in [2.75, 3.05) is 0 Å². The largest absolute Gasteiger partial charge is 0.416 e. The number of nitrogens with zero attached hydrogens (tertiary/aromatic N) is 4. The molecule has 0 bridgehead atoms. The van der Waals surface area contributed by atoms with Gasteiger partial charge in [-0.2, -0.15) is 13.2 Å². The number of benzene rings is 1. The second-order valence-corrected chi connectivity index (χ2v) is 4.82. The quantitative estimate of drug-likeness (QED) is 0.598. The highest BCUT2D eigenvalue weighted by Crippen LogP contribution is 2.35. The minimum atomic E-state index is -4.75. The minimum Gasteiger partial charge on any atom is -0.358 e. The molecule has 0 saturated carbocycles. The Bertz CT molecular complexity index is 774. The van der Waals surface area contributed by atoms with Gasteiger partial charge in [0.1, 0.15) is 4.47 Å². The molecule has 0 aliphatic heterocycles. The van der Waals surface area contributed by atoms with Gasteiger partial charge in [-0.05, 0) is 33.0 Å². The van der Waals surface area contributed by atoms with Crippen LogP contribution in [0.5, 0.6) is 0 Å². The van der Waals surface area contributed by atoms with Gasteiger partial charge in [0, 0.05) is 6.07 Å². The summed E-state index contributed by atoms with van der Waals surface area (Å²) in [7, 11) is 0. The first-order valence-electron chi connectivity index (χ1n) is 5.37. The molecule has 0 amide bonds. The fourth-order valence-corrected chi connectivity index (χ4v) is 2.05. The molecule has 0 radical (unpaired) electrons. The first kappa shape index (κ1) is 15.9. The predicted octanol–water partition coefficient (Wildman–Crippen LogP) is 3.47. The molecule has 0 N–H and O–H groups in total. The van der Waals surface area contributed by atoms with Crippen LogP contribution in [0.15, 0.2) is 28.9 Å². The summed E-state index contributed by atoms with van der Waals surface area (Å²) in [5.74, 6) is -0.616. The van der Waals surface area contributed by atoms with Gasteiger partial charge in [0.25, 0.3) is 5.69 Å². The number of rotatable bonds is 3. The molecule has 1 heterocycles. The summed E-state index contributed by atoms with van der Waals surface area (Å²) in [5.41, 5.74) is -2.41. The first-order valence-corrected chi connectivity index (χ1v) is 6.16. The van der Waals surface area contributed by atoms with E-state index in [4.69, 9.17) is 0 Å². The summed E-state index contributed by atoms with van der Waals surface area (Å²) in [6, 6.07) is 1.80. The molecule has 0 atom stereocenters. The van der Waals surface area contributed by atoms with Crippen LogP contribution < -0.4 is 0 Å². The fraction of sp³-hybridized carbons (Fsp3) is 0.100. The van der Waals surface area contributed by atoms with Crippen LogP contribution in [0.25, 0.3) is 5.69 Å². The maximum atomic E-state index is 12.6. The molecule has 22 heavy (non-hydrogen) atoms. The van der Waals surface area contributed by atoms with E-state index in [1.54, 1.807) is 0 Å². The van der Waals surface area contributed by atoms with Crippen LogP contribution in [-0.2, 0) is 6.18 Å². The van der Waals surface area contributed by atoms with Crippen molar-refractivity contribution in [1.29, 1.82) is 0 Å². The average molecular weight is 381 g/mol. The van der Waals surface area contributed by atoms with Crippen LogP contribution in [0.3, 0.4) is 0 Å². The summed E-state index contributed by atoms with van der Waals surface area (Å²) < 4.78 is 38.5. The van der Waals surface area contributed by atoms with E-state index >= 15 is 0 Å². The molecule has 8 nitrogen and oxygen atoms in total. The zero-order chi connectivity index (χ0) is 16.7. The minimum absolute atomic E-state index is 0.0632. The summed E-state index contributed by atoms with van der Waals surface area (Å²) in [6.45, 7) is 0. The van der Waals surface area contributed by atoms with E-state index in [2.05, 4.69) is 21.0 Å². The molecule has 116 valence electrons. The van der Waals surface area contributed by atoms with E-state index in [9.17, 15) is 33.4 Å². The van der Waals surface area contributed by atoms with E-state index in [1.807, 2.05) is 0 Å². The molecular weight excluding hydrogens is 377 g/mol. The second kappa shape index (κ2) is 5.36. The zero-order valence-electron chi connectivity index (χ0n) is 10.2. The smallest absolute Gasteiger partial charge is 0.358 e. The van der Waals surface area contributed by atoms with Crippen molar-refractivity contribution in [2.45, 2.75) is 6.18 Å². The molecule has 0 fully saturated rings. The lowest BCUT2D eigenvalue weighted by Crippen LogP contribution is -2.08. The van der Waals surface area contributed by atoms with Crippen LogP contribution >= 0.6 is 15.9 Å². The predicted molar refractivity (Wildman–Crippen MR) is 69.6 cm³/mol. The third-order valence-electron chi connectivity index (χ3n) is 2.57. The molecular formula is C10H4BrF3N4O4. The van der Waals surface area contributed by atoms with Gasteiger partial charge in [-0.1, -0.05) is 0 Å². The lowest BCUT2D eigenvalue weighted by Gasteiger charge is -2.07. The lowest BCUT2D eigenvalue weighted by molar-refractivity contribution is -0.390. The van der Waals surface area contributed by atoms with E-state index in [0.29, 0.717) is 12.1 Å². The molecule has 0 spiro atoms. The third kappa shape index (κ3) is 2.90. The lowest BCUT2D eigenvalue weighted by atomic mass is 10.1. The number of halogens is 4. The summed E-state index contributed by atoms with van der Waals surface area (Å²) in [6.07, 6.45) is -3.70. The Morgan fingerprint density at radius 3 is 2.27 bits per heavy atom. The zero-order valence-corrected chi connectivity index (χ0v) is 11.8. The highest BCUT2D eigenvalue weighted by Gasteiger charge is 2.34. The van der Waals surface area contributed by atoms with Gasteiger partial charge in [-0.3, -0.25) is 10.1 Å². The summed E-state index contributed by atoms with van der Waals surface area (Å²) >= 11 is 2.85. The maximum Gasteiger partial charge on any atom is 0.416 e. The van der Waals surface area contributed by atoms with Crippen molar-refractivity contribution in [3.05, 3.63) is 54.7 Å². The highest BCUT2D eigenvalue weighted by atomic mass is 79.9. The molecule has 0 aliphatic rings. The normalized spacial score (nSPS) is 11.5. The molecule has 1 aromatic heterocycles. The van der Waals surface area contributed by atoms with E-state index in [0.717, 1.165) is 16.9 Å². The van der Waals surface area contributed by atoms with Crippen molar-refractivity contribution in [3.63, 3.8) is 0 Å². The number of nitro benzene ring substituents is 1. The molecule has 2 rings (SSSR count). The Morgan fingerprint density at radius 1 is 1.18 bits per heavy atom. The number of hydrogen-bond acceptors (Lipinski definition) is 5. The van der Waals surface area contributed by atoms with Gasteiger partial charge in [-0.25, -0.2) is 0 Å². The van der Waals surface area contributed by atoms with Crippen molar-refractivity contribution in [3.8, 4) is 5.69 Å². The Balaban J connectivity index is 2.63. The topological polar surface area (TPSA) is 104 Å².